The van der Waals surface area contributed by atoms with Crippen molar-refractivity contribution in [1.29, 1.82) is 0 Å². The number of thiazole rings is 1. The van der Waals surface area contributed by atoms with Gasteiger partial charge in [0.15, 0.2) is 5.52 Å². The van der Waals surface area contributed by atoms with Gasteiger partial charge in [-0.15, -0.1) is 11.3 Å². The lowest BCUT2D eigenvalue weighted by molar-refractivity contribution is -0.382. The van der Waals surface area contributed by atoms with Gasteiger partial charge >= 0.3 is 5.69 Å². The van der Waals surface area contributed by atoms with Gasteiger partial charge in [-0.05, 0) is 31.5 Å². The molecule has 3 rings (SSSR count). The Balaban J connectivity index is 1.75. The SMILES string of the molecule is O=[N+]([O-])c1c(NCCC2=CCNCC2)ccc2scnc12. The van der Waals surface area contributed by atoms with E-state index in [0.717, 1.165) is 30.6 Å². The van der Waals surface area contributed by atoms with Crippen molar-refractivity contribution in [3.05, 3.63) is 39.4 Å². The fourth-order valence-electron chi connectivity index (χ4n) is 2.50. The maximum absolute atomic E-state index is 11.3. The van der Waals surface area contributed by atoms with Gasteiger partial charge in [0.1, 0.15) is 5.69 Å². The molecule has 2 heterocycles. The first kappa shape index (κ1) is 14.0. The molecular weight excluding hydrogens is 288 g/mol. The summed E-state index contributed by atoms with van der Waals surface area (Å²) in [5.74, 6) is 0. The highest BCUT2D eigenvalue weighted by Crippen LogP contribution is 2.34. The molecule has 0 saturated carbocycles. The second-order valence-corrected chi connectivity index (χ2v) is 5.80. The smallest absolute Gasteiger partial charge is 0.319 e. The third kappa shape index (κ3) is 3.03. The normalized spacial score (nSPS) is 15.0. The fourth-order valence-corrected chi connectivity index (χ4v) is 3.18. The number of nitrogens with zero attached hydrogens (tertiary/aromatic N) is 2. The molecule has 0 spiro atoms. The second-order valence-electron chi connectivity index (χ2n) is 4.91. The van der Waals surface area contributed by atoms with E-state index in [-0.39, 0.29) is 10.6 Å². The Labute approximate surface area is 126 Å². The van der Waals surface area contributed by atoms with Crippen LogP contribution >= 0.6 is 11.3 Å². The van der Waals surface area contributed by atoms with Gasteiger partial charge in [-0.2, -0.15) is 0 Å². The van der Waals surface area contributed by atoms with E-state index in [0.29, 0.717) is 17.7 Å². The van der Waals surface area contributed by atoms with Gasteiger partial charge in [0.05, 0.1) is 15.1 Å². The molecule has 0 unspecified atom stereocenters. The Hall–Kier alpha value is -1.99. The van der Waals surface area contributed by atoms with E-state index >= 15 is 0 Å². The number of hydrogen-bond donors (Lipinski definition) is 2. The van der Waals surface area contributed by atoms with Crippen molar-refractivity contribution in [2.24, 2.45) is 0 Å². The molecule has 1 aromatic heterocycles. The summed E-state index contributed by atoms with van der Waals surface area (Å²) in [6, 6.07) is 3.65. The van der Waals surface area contributed by atoms with Crippen LogP contribution in [-0.2, 0) is 0 Å². The van der Waals surface area contributed by atoms with Crippen LogP contribution < -0.4 is 10.6 Å². The first-order chi connectivity index (χ1) is 10.3. The largest absolute Gasteiger partial charge is 0.379 e. The van der Waals surface area contributed by atoms with Gasteiger partial charge in [0, 0.05) is 13.1 Å². The molecular formula is C14H16N4O2S. The van der Waals surface area contributed by atoms with Crippen molar-refractivity contribution in [2.75, 3.05) is 25.0 Å². The highest BCUT2D eigenvalue weighted by Gasteiger charge is 2.20. The lowest BCUT2D eigenvalue weighted by atomic mass is 10.1. The lowest BCUT2D eigenvalue weighted by Gasteiger charge is -2.14. The van der Waals surface area contributed by atoms with E-state index in [1.807, 2.05) is 6.07 Å². The molecule has 0 amide bonds. The van der Waals surface area contributed by atoms with Gasteiger partial charge in [0.25, 0.3) is 0 Å². The highest BCUT2D eigenvalue weighted by molar-refractivity contribution is 7.16. The van der Waals surface area contributed by atoms with Crippen molar-refractivity contribution < 1.29 is 4.92 Å². The van der Waals surface area contributed by atoms with Crippen LogP contribution in [0.25, 0.3) is 10.2 Å². The molecule has 1 aromatic carbocycles. The number of nitro groups is 1. The van der Waals surface area contributed by atoms with E-state index in [2.05, 4.69) is 21.7 Å². The van der Waals surface area contributed by atoms with Gasteiger partial charge in [-0.1, -0.05) is 11.6 Å². The third-order valence-electron chi connectivity index (χ3n) is 3.58. The molecule has 0 aliphatic carbocycles. The molecule has 1 aliphatic heterocycles. The molecule has 7 heteroatoms. The number of hydrogen-bond acceptors (Lipinski definition) is 6. The monoisotopic (exact) mass is 304 g/mol. The van der Waals surface area contributed by atoms with Crippen LogP contribution in [0.15, 0.2) is 29.3 Å². The Morgan fingerprint density at radius 1 is 1.48 bits per heavy atom. The zero-order valence-corrected chi connectivity index (χ0v) is 12.3. The Kier molecular flexibility index (Phi) is 4.12. The zero-order valence-electron chi connectivity index (χ0n) is 11.5. The van der Waals surface area contributed by atoms with Crippen molar-refractivity contribution in [3.63, 3.8) is 0 Å². The van der Waals surface area contributed by atoms with E-state index < -0.39 is 0 Å². The predicted molar refractivity (Wildman–Crippen MR) is 85.0 cm³/mol. The summed E-state index contributed by atoms with van der Waals surface area (Å²) in [7, 11) is 0. The number of rotatable bonds is 5. The minimum Gasteiger partial charge on any atom is -0.379 e. The van der Waals surface area contributed by atoms with Gasteiger partial charge < -0.3 is 10.6 Å². The zero-order chi connectivity index (χ0) is 14.7. The Morgan fingerprint density at radius 3 is 3.14 bits per heavy atom. The topological polar surface area (TPSA) is 80.1 Å². The number of nitro benzene ring substituents is 1. The van der Waals surface area contributed by atoms with Crippen LogP contribution in [0.3, 0.4) is 0 Å². The number of aromatic nitrogens is 1. The van der Waals surface area contributed by atoms with E-state index in [1.54, 1.807) is 11.6 Å². The van der Waals surface area contributed by atoms with Crippen molar-refractivity contribution in [2.45, 2.75) is 12.8 Å². The van der Waals surface area contributed by atoms with Gasteiger partial charge in [0.2, 0.25) is 0 Å². The standard InChI is InChI=1S/C14H16N4O2S/c19-18(20)14-11(1-2-12-13(14)17-9-21-12)16-8-5-10-3-6-15-7-4-10/h1-3,9,15-16H,4-8H2. The third-order valence-corrected chi connectivity index (χ3v) is 4.37. The molecule has 0 saturated heterocycles. The molecule has 0 radical (unpaired) electrons. The minimum absolute atomic E-state index is 0.0769. The molecule has 0 fully saturated rings. The van der Waals surface area contributed by atoms with E-state index in [1.165, 1.54) is 16.9 Å². The molecule has 6 nitrogen and oxygen atoms in total. The first-order valence-electron chi connectivity index (χ1n) is 6.89. The van der Waals surface area contributed by atoms with Crippen molar-refractivity contribution in [1.82, 2.24) is 10.3 Å². The highest BCUT2D eigenvalue weighted by atomic mass is 32.1. The molecule has 21 heavy (non-hydrogen) atoms. The summed E-state index contributed by atoms with van der Waals surface area (Å²) in [6.07, 6.45) is 4.16. The second kappa shape index (κ2) is 6.19. The van der Waals surface area contributed by atoms with Crippen molar-refractivity contribution in [3.8, 4) is 0 Å². The molecule has 1 aliphatic rings. The van der Waals surface area contributed by atoms with Crippen molar-refractivity contribution >= 4 is 32.9 Å². The average Bonchev–Trinajstić information content (AvgIpc) is 2.96. The van der Waals surface area contributed by atoms with E-state index in [4.69, 9.17) is 0 Å². The maximum Gasteiger partial charge on any atom is 0.319 e. The molecule has 2 N–H and O–H groups in total. The van der Waals surface area contributed by atoms with Crippen LogP contribution in [0.4, 0.5) is 11.4 Å². The molecule has 2 aromatic rings. The summed E-state index contributed by atoms with van der Waals surface area (Å²) in [5, 5.41) is 17.8. The molecule has 0 atom stereocenters. The molecule has 0 bridgehead atoms. The summed E-state index contributed by atoms with van der Waals surface area (Å²) in [5.41, 5.74) is 4.14. The quantitative estimate of drug-likeness (QED) is 0.504. The average molecular weight is 304 g/mol. The summed E-state index contributed by atoms with van der Waals surface area (Å²) in [6.45, 7) is 2.62. The van der Waals surface area contributed by atoms with Gasteiger partial charge in [-0.3, -0.25) is 10.1 Å². The number of benzene rings is 1. The van der Waals surface area contributed by atoms with Crippen LogP contribution in [-0.4, -0.2) is 29.5 Å². The predicted octanol–water partition coefficient (Wildman–Crippen LogP) is 2.93. The summed E-state index contributed by atoms with van der Waals surface area (Å²) < 4.78 is 0.841. The summed E-state index contributed by atoms with van der Waals surface area (Å²) in [4.78, 5) is 15.1. The molecule has 110 valence electrons. The first-order valence-corrected chi connectivity index (χ1v) is 7.77. The Bertz CT molecular complexity index is 695. The van der Waals surface area contributed by atoms with Gasteiger partial charge in [-0.25, -0.2) is 4.98 Å². The van der Waals surface area contributed by atoms with Crippen LogP contribution in [0.1, 0.15) is 12.8 Å². The minimum atomic E-state index is -0.353. The number of anilines is 1. The van der Waals surface area contributed by atoms with Crippen LogP contribution in [0, 0.1) is 10.1 Å². The number of fused-ring (bicyclic) bond motifs is 1. The lowest BCUT2D eigenvalue weighted by Crippen LogP contribution is -2.21. The van der Waals surface area contributed by atoms with Crippen LogP contribution in [0.2, 0.25) is 0 Å². The summed E-state index contributed by atoms with van der Waals surface area (Å²) >= 11 is 1.41. The maximum atomic E-state index is 11.3. The fraction of sp³-hybridized carbons (Fsp3) is 0.357. The Morgan fingerprint density at radius 2 is 2.38 bits per heavy atom. The van der Waals surface area contributed by atoms with E-state index in [9.17, 15) is 10.1 Å². The van der Waals surface area contributed by atoms with Crippen LogP contribution in [0.5, 0.6) is 0 Å². The number of nitrogens with one attached hydrogen (secondary N) is 2.